The number of aromatic nitrogens is 3. The van der Waals surface area contributed by atoms with Crippen LogP contribution in [0.2, 0.25) is 5.02 Å². The Bertz CT molecular complexity index is 636. The second-order valence-corrected chi connectivity index (χ2v) is 6.30. The third-order valence-electron chi connectivity index (χ3n) is 4.32. The average Bonchev–Trinajstić information content (AvgIpc) is 3.04. The first-order valence-corrected chi connectivity index (χ1v) is 8.05. The summed E-state index contributed by atoms with van der Waals surface area (Å²) in [5.74, 6) is 0. The van der Waals surface area contributed by atoms with Gasteiger partial charge in [0.05, 0.1) is 5.60 Å². The van der Waals surface area contributed by atoms with Crippen LogP contribution in [0.5, 0.6) is 0 Å². The Hall–Kier alpha value is -1.65. The van der Waals surface area contributed by atoms with Crippen molar-refractivity contribution in [2.45, 2.75) is 44.2 Å². The fourth-order valence-corrected chi connectivity index (χ4v) is 3.15. The van der Waals surface area contributed by atoms with Crippen molar-refractivity contribution in [1.29, 1.82) is 0 Å². The van der Waals surface area contributed by atoms with Crippen LogP contribution < -0.4 is 0 Å². The molecular formula is C17H20ClN3O. The van der Waals surface area contributed by atoms with Crippen molar-refractivity contribution in [3.63, 3.8) is 0 Å². The summed E-state index contributed by atoms with van der Waals surface area (Å²) in [7, 11) is 0. The molecule has 1 aliphatic rings. The molecule has 0 radical (unpaired) electrons. The maximum atomic E-state index is 11.1. The van der Waals surface area contributed by atoms with E-state index in [-0.39, 0.29) is 0 Å². The van der Waals surface area contributed by atoms with Gasteiger partial charge < -0.3 is 5.11 Å². The van der Waals surface area contributed by atoms with Gasteiger partial charge in [-0.3, -0.25) is 4.68 Å². The lowest BCUT2D eigenvalue weighted by Gasteiger charge is -2.35. The topological polar surface area (TPSA) is 50.9 Å². The van der Waals surface area contributed by atoms with Crippen molar-refractivity contribution in [1.82, 2.24) is 14.8 Å². The highest BCUT2D eigenvalue weighted by Gasteiger charge is 2.33. The van der Waals surface area contributed by atoms with Crippen molar-refractivity contribution in [3.05, 3.63) is 53.1 Å². The van der Waals surface area contributed by atoms with Gasteiger partial charge >= 0.3 is 0 Å². The molecule has 116 valence electrons. The minimum absolute atomic E-state index is 0.662. The molecule has 1 unspecified atom stereocenters. The highest BCUT2D eigenvalue weighted by atomic mass is 35.5. The van der Waals surface area contributed by atoms with Crippen LogP contribution in [0, 0.1) is 0 Å². The minimum atomic E-state index is -0.746. The summed E-state index contributed by atoms with van der Waals surface area (Å²) in [6, 6.07) is 7.74. The van der Waals surface area contributed by atoms with Crippen LogP contribution in [0.15, 0.2) is 42.5 Å². The van der Waals surface area contributed by atoms with E-state index in [1.165, 1.54) is 6.33 Å². The highest BCUT2D eigenvalue weighted by molar-refractivity contribution is 6.30. The molecule has 4 nitrogen and oxygen atoms in total. The van der Waals surface area contributed by atoms with Crippen LogP contribution in [-0.2, 0) is 6.54 Å². The van der Waals surface area contributed by atoms with Gasteiger partial charge in [0, 0.05) is 11.6 Å². The molecule has 0 aliphatic heterocycles. The fraction of sp³-hybridized carbons (Fsp3) is 0.412. The molecule has 1 N–H and O–H groups in total. The summed E-state index contributed by atoms with van der Waals surface area (Å²) < 4.78 is 1.77. The predicted molar refractivity (Wildman–Crippen MR) is 87.5 cm³/mol. The molecule has 1 saturated carbocycles. The van der Waals surface area contributed by atoms with E-state index in [9.17, 15) is 5.11 Å². The lowest BCUT2D eigenvalue weighted by Crippen LogP contribution is -2.35. The van der Waals surface area contributed by atoms with E-state index >= 15 is 0 Å². The normalized spacial score (nSPS) is 23.8. The van der Waals surface area contributed by atoms with Gasteiger partial charge in [0.2, 0.25) is 0 Å². The molecular weight excluding hydrogens is 298 g/mol. The molecule has 1 aromatic carbocycles. The zero-order valence-electron chi connectivity index (χ0n) is 12.5. The van der Waals surface area contributed by atoms with E-state index in [1.54, 1.807) is 11.0 Å². The maximum Gasteiger partial charge on any atom is 0.137 e. The quantitative estimate of drug-likeness (QED) is 0.935. The largest absolute Gasteiger partial charge is 0.385 e. The van der Waals surface area contributed by atoms with Crippen molar-refractivity contribution in [2.75, 3.05) is 0 Å². The van der Waals surface area contributed by atoms with Gasteiger partial charge in [0.15, 0.2) is 0 Å². The number of hydrogen-bond donors (Lipinski definition) is 1. The summed E-state index contributed by atoms with van der Waals surface area (Å²) in [4.78, 5) is 3.95. The van der Waals surface area contributed by atoms with E-state index in [0.717, 1.165) is 41.8 Å². The Balaban J connectivity index is 1.78. The molecule has 0 bridgehead atoms. The van der Waals surface area contributed by atoms with Gasteiger partial charge in [-0.05, 0) is 55.4 Å². The van der Waals surface area contributed by atoms with E-state index in [0.29, 0.717) is 13.0 Å². The Kier molecular flexibility index (Phi) is 4.60. The van der Waals surface area contributed by atoms with E-state index in [4.69, 9.17) is 11.6 Å². The number of hydrogen-bond acceptors (Lipinski definition) is 3. The van der Waals surface area contributed by atoms with Crippen molar-refractivity contribution in [2.24, 2.45) is 0 Å². The highest BCUT2D eigenvalue weighted by Crippen LogP contribution is 2.37. The molecule has 2 aromatic rings. The van der Waals surface area contributed by atoms with Crippen molar-refractivity contribution in [3.8, 4) is 0 Å². The molecule has 1 aliphatic carbocycles. The smallest absolute Gasteiger partial charge is 0.137 e. The molecule has 0 spiro atoms. The lowest BCUT2D eigenvalue weighted by atomic mass is 9.77. The number of aryl methyl sites for hydroxylation is 1. The fourth-order valence-electron chi connectivity index (χ4n) is 3.03. The van der Waals surface area contributed by atoms with Crippen LogP contribution in [0.1, 0.15) is 37.7 Å². The Morgan fingerprint density at radius 1 is 1.27 bits per heavy atom. The van der Waals surface area contributed by atoms with Crippen LogP contribution in [0.25, 0.3) is 6.08 Å². The molecule has 1 heterocycles. The Morgan fingerprint density at radius 3 is 2.82 bits per heavy atom. The number of nitrogens with zero attached hydrogens (tertiary/aromatic N) is 3. The van der Waals surface area contributed by atoms with Gasteiger partial charge in [0.1, 0.15) is 12.7 Å². The lowest BCUT2D eigenvalue weighted by molar-refractivity contribution is 0.0391. The standard InChI is InChI=1S/C17H20ClN3O/c18-16-6-4-14(5-7-16)11-15-3-1-2-8-17(15,22)9-10-21-13-19-12-20-21/h4-7,11-13,22H,1-3,8-10H2. The van der Waals surface area contributed by atoms with Crippen molar-refractivity contribution >= 4 is 17.7 Å². The molecule has 1 aromatic heterocycles. The van der Waals surface area contributed by atoms with Crippen LogP contribution in [0.4, 0.5) is 0 Å². The summed E-state index contributed by atoms with van der Waals surface area (Å²) in [5.41, 5.74) is 1.45. The zero-order valence-corrected chi connectivity index (χ0v) is 13.2. The zero-order chi connectivity index (χ0) is 15.4. The molecule has 22 heavy (non-hydrogen) atoms. The number of rotatable bonds is 4. The third kappa shape index (κ3) is 3.57. The maximum absolute atomic E-state index is 11.1. The first-order valence-electron chi connectivity index (χ1n) is 7.67. The van der Waals surface area contributed by atoms with Gasteiger partial charge in [-0.25, -0.2) is 4.98 Å². The van der Waals surface area contributed by atoms with Gasteiger partial charge in [-0.1, -0.05) is 29.8 Å². The predicted octanol–water partition coefficient (Wildman–Crippen LogP) is 3.71. The first-order chi connectivity index (χ1) is 10.7. The average molecular weight is 318 g/mol. The molecule has 3 rings (SSSR count). The summed E-state index contributed by atoms with van der Waals surface area (Å²) >= 11 is 5.93. The SMILES string of the molecule is OC1(CCn2cncn2)CCCCC1=Cc1ccc(Cl)cc1. The Morgan fingerprint density at radius 2 is 2.09 bits per heavy atom. The first kappa shape index (κ1) is 15.3. The van der Waals surface area contributed by atoms with Gasteiger partial charge in [-0.15, -0.1) is 0 Å². The monoisotopic (exact) mass is 317 g/mol. The van der Waals surface area contributed by atoms with Crippen LogP contribution >= 0.6 is 11.6 Å². The van der Waals surface area contributed by atoms with Crippen LogP contribution in [0.3, 0.4) is 0 Å². The summed E-state index contributed by atoms with van der Waals surface area (Å²) in [6.45, 7) is 0.675. The molecule has 0 amide bonds. The molecule has 0 saturated heterocycles. The minimum Gasteiger partial charge on any atom is -0.385 e. The van der Waals surface area contributed by atoms with Gasteiger partial charge in [0.25, 0.3) is 0 Å². The number of halogens is 1. The number of benzene rings is 1. The second kappa shape index (κ2) is 6.63. The molecule has 1 atom stereocenters. The molecule has 5 heteroatoms. The van der Waals surface area contributed by atoms with Gasteiger partial charge in [-0.2, -0.15) is 5.10 Å². The number of aliphatic hydroxyl groups is 1. The summed E-state index contributed by atoms with van der Waals surface area (Å²) in [5, 5.41) is 15.9. The molecule has 1 fully saturated rings. The van der Waals surface area contributed by atoms with E-state index in [1.807, 2.05) is 24.3 Å². The third-order valence-corrected chi connectivity index (χ3v) is 4.57. The van der Waals surface area contributed by atoms with E-state index < -0.39 is 5.60 Å². The second-order valence-electron chi connectivity index (χ2n) is 5.87. The Labute approximate surface area is 135 Å². The summed E-state index contributed by atoms with van der Waals surface area (Å²) in [6.07, 6.45) is 9.92. The van der Waals surface area contributed by atoms with Crippen LogP contribution in [-0.4, -0.2) is 25.5 Å². The van der Waals surface area contributed by atoms with Crippen molar-refractivity contribution < 1.29 is 5.11 Å². The van der Waals surface area contributed by atoms with E-state index in [2.05, 4.69) is 16.2 Å².